The Kier molecular flexibility index (Phi) is 32.4. The molecule has 40 heavy (non-hydrogen) atoms. The molecule has 1 amide bonds. The van der Waals surface area contributed by atoms with Crippen molar-refractivity contribution >= 4 is 5.91 Å². The van der Waals surface area contributed by atoms with Gasteiger partial charge in [0, 0.05) is 6.42 Å². The van der Waals surface area contributed by atoms with Crippen molar-refractivity contribution in [3.05, 3.63) is 0 Å². The van der Waals surface area contributed by atoms with Gasteiger partial charge in [-0.15, -0.1) is 0 Å². The molecule has 0 aromatic carbocycles. The van der Waals surface area contributed by atoms with Crippen LogP contribution in [0.3, 0.4) is 0 Å². The third kappa shape index (κ3) is 28.9. The van der Waals surface area contributed by atoms with Gasteiger partial charge in [-0.3, -0.25) is 4.79 Å². The number of nitrogens with one attached hydrogen (secondary N) is 1. The van der Waals surface area contributed by atoms with Crippen LogP contribution in [0, 0.1) is 0 Å². The highest BCUT2D eigenvalue weighted by Gasteiger charge is 2.19. The summed E-state index contributed by atoms with van der Waals surface area (Å²) in [7, 11) is 0. The maximum absolute atomic E-state index is 12.0. The Balaban J connectivity index is 3.34. The zero-order chi connectivity index (χ0) is 29.4. The highest BCUT2D eigenvalue weighted by molar-refractivity contribution is 5.76. The third-order valence-electron chi connectivity index (χ3n) is 8.62. The predicted octanol–water partition coefficient (Wildman–Crippen LogP) is 10.6. The molecule has 0 radical (unpaired) electrons. The minimum Gasteiger partial charge on any atom is -0.394 e. The molecule has 0 saturated heterocycles. The van der Waals surface area contributed by atoms with E-state index in [0.717, 1.165) is 38.5 Å². The Morgan fingerprint density at radius 2 is 0.800 bits per heavy atom. The molecule has 2 atom stereocenters. The number of amides is 1. The van der Waals surface area contributed by atoms with Crippen LogP contribution in [0.25, 0.3) is 0 Å². The number of rotatable bonds is 33. The molecule has 0 fully saturated rings. The predicted molar refractivity (Wildman–Crippen MR) is 175 cm³/mol. The van der Waals surface area contributed by atoms with Gasteiger partial charge in [0.25, 0.3) is 0 Å². The molecule has 0 aromatic rings. The lowest BCUT2D eigenvalue weighted by molar-refractivity contribution is -0.123. The maximum Gasteiger partial charge on any atom is 0.220 e. The molecule has 0 aliphatic rings. The van der Waals surface area contributed by atoms with Crippen molar-refractivity contribution in [1.29, 1.82) is 0 Å². The average molecular weight is 568 g/mol. The van der Waals surface area contributed by atoms with Crippen LogP contribution in [-0.4, -0.2) is 34.9 Å². The van der Waals surface area contributed by atoms with Gasteiger partial charge in [-0.1, -0.05) is 187 Å². The second-order valence-corrected chi connectivity index (χ2v) is 12.7. The van der Waals surface area contributed by atoms with Gasteiger partial charge >= 0.3 is 0 Å². The topological polar surface area (TPSA) is 69.6 Å². The Bertz CT molecular complexity index is 498. The van der Waals surface area contributed by atoms with E-state index in [1.807, 2.05) is 0 Å². The minimum absolute atomic E-state index is 0.0474. The summed E-state index contributed by atoms with van der Waals surface area (Å²) in [6.07, 6.45) is 37.9. The first kappa shape index (κ1) is 39.4. The van der Waals surface area contributed by atoms with Crippen LogP contribution >= 0.6 is 0 Å². The molecule has 0 aromatic heterocycles. The van der Waals surface area contributed by atoms with E-state index in [-0.39, 0.29) is 12.5 Å². The summed E-state index contributed by atoms with van der Waals surface area (Å²) in [4.78, 5) is 12.0. The summed E-state index contributed by atoms with van der Waals surface area (Å²) < 4.78 is 0. The molecule has 4 heteroatoms. The molecule has 4 nitrogen and oxygen atoms in total. The number of aliphatic hydroxyl groups excluding tert-OH is 2. The van der Waals surface area contributed by atoms with E-state index in [0.29, 0.717) is 12.8 Å². The first-order valence-electron chi connectivity index (χ1n) is 18.2. The molecule has 0 spiro atoms. The Hall–Kier alpha value is -0.610. The summed E-state index contributed by atoms with van der Waals surface area (Å²) in [6.45, 7) is 4.25. The van der Waals surface area contributed by atoms with E-state index >= 15 is 0 Å². The molecule has 240 valence electrons. The number of aliphatic hydroxyl groups is 2. The zero-order valence-electron chi connectivity index (χ0n) is 27.4. The van der Waals surface area contributed by atoms with E-state index in [9.17, 15) is 15.0 Å². The van der Waals surface area contributed by atoms with Gasteiger partial charge in [-0.2, -0.15) is 0 Å². The summed E-state index contributed by atoms with van der Waals surface area (Å²) in [5, 5.41) is 22.8. The molecule has 0 saturated carbocycles. The molecular formula is C36H73NO3. The molecule has 3 N–H and O–H groups in total. The monoisotopic (exact) mass is 568 g/mol. The van der Waals surface area contributed by atoms with Crippen LogP contribution in [0.1, 0.15) is 206 Å². The van der Waals surface area contributed by atoms with Crippen molar-refractivity contribution in [2.45, 2.75) is 219 Å². The number of unbranched alkanes of at least 4 members (excludes halogenated alkanes) is 26. The van der Waals surface area contributed by atoms with E-state index in [4.69, 9.17) is 0 Å². The largest absolute Gasteiger partial charge is 0.394 e. The lowest BCUT2D eigenvalue weighted by atomic mass is 10.0. The molecule has 0 aliphatic carbocycles. The van der Waals surface area contributed by atoms with Crippen LogP contribution in [0.15, 0.2) is 0 Å². The van der Waals surface area contributed by atoms with Crippen molar-refractivity contribution in [3.63, 3.8) is 0 Å². The first-order chi connectivity index (χ1) is 19.7. The van der Waals surface area contributed by atoms with Crippen LogP contribution in [0.4, 0.5) is 0 Å². The van der Waals surface area contributed by atoms with Gasteiger partial charge in [0.2, 0.25) is 5.91 Å². The molecule has 0 bridgehead atoms. The SMILES string of the molecule is CCCCCCCCCCCCCCCCCCCCCCCCCCC(O)C(CO)NC(=O)CCCCCC. The first-order valence-corrected chi connectivity index (χ1v) is 18.2. The fourth-order valence-corrected chi connectivity index (χ4v) is 5.77. The fourth-order valence-electron chi connectivity index (χ4n) is 5.77. The smallest absolute Gasteiger partial charge is 0.220 e. The van der Waals surface area contributed by atoms with Gasteiger partial charge < -0.3 is 15.5 Å². The summed E-state index contributed by atoms with van der Waals surface area (Å²) in [5.74, 6) is -0.0474. The second-order valence-electron chi connectivity index (χ2n) is 12.7. The number of carbonyl (C=O) groups excluding carboxylic acids is 1. The summed E-state index contributed by atoms with van der Waals surface area (Å²) in [6, 6.07) is -0.525. The summed E-state index contributed by atoms with van der Waals surface area (Å²) in [5.41, 5.74) is 0. The number of hydrogen-bond donors (Lipinski definition) is 3. The van der Waals surface area contributed by atoms with Crippen LogP contribution in [0.5, 0.6) is 0 Å². The van der Waals surface area contributed by atoms with E-state index < -0.39 is 12.1 Å². The van der Waals surface area contributed by atoms with Gasteiger partial charge in [0.05, 0.1) is 18.8 Å². The van der Waals surface area contributed by atoms with E-state index in [1.54, 1.807) is 0 Å². The van der Waals surface area contributed by atoms with Gasteiger partial charge in [-0.25, -0.2) is 0 Å². The van der Waals surface area contributed by atoms with Gasteiger partial charge in [0.1, 0.15) is 0 Å². The fraction of sp³-hybridized carbons (Fsp3) is 0.972. The number of carbonyl (C=O) groups is 1. The van der Waals surface area contributed by atoms with Crippen molar-refractivity contribution in [1.82, 2.24) is 5.32 Å². The van der Waals surface area contributed by atoms with E-state index in [2.05, 4.69) is 19.2 Å². The lowest BCUT2D eigenvalue weighted by Crippen LogP contribution is -2.45. The van der Waals surface area contributed by atoms with Gasteiger partial charge in [-0.05, 0) is 12.8 Å². The summed E-state index contributed by atoms with van der Waals surface area (Å²) >= 11 is 0. The quantitative estimate of drug-likeness (QED) is 0.0691. The third-order valence-corrected chi connectivity index (χ3v) is 8.62. The Morgan fingerprint density at radius 1 is 0.500 bits per heavy atom. The minimum atomic E-state index is -0.649. The average Bonchev–Trinajstić information content (AvgIpc) is 2.96. The van der Waals surface area contributed by atoms with E-state index in [1.165, 1.54) is 141 Å². The zero-order valence-corrected chi connectivity index (χ0v) is 27.4. The Labute approximate surface area is 251 Å². The highest BCUT2D eigenvalue weighted by atomic mass is 16.3. The Morgan fingerprint density at radius 3 is 1.12 bits per heavy atom. The highest BCUT2D eigenvalue weighted by Crippen LogP contribution is 2.16. The lowest BCUT2D eigenvalue weighted by Gasteiger charge is -2.22. The second kappa shape index (κ2) is 32.9. The standard InChI is InChI=1S/C36H73NO3/c1-3-5-7-9-10-11-12-13-14-15-16-17-18-19-20-21-22-23-24-25-26-27-28-29-31-35(39)34(33-38)37-36(40)32-30-8-6-4-2/h34-35,38-39H,3-33H2,1-2H3,(H,37,40). The molecular weight excluding hydrogens is 494 g/mol. The molecule has 0 aliphatic heterocycles. The van der Waals surface area contributed by atoms with Crippen LogP contribution < -0.4 is 5.32 Å². The molecule has 2 unspecified atom stereocenters. The normalized spacial score (nSPS) is 13.0. The van der Waals surface area contributed by atoms with Crippen LogP contribution in [-0.2, 0) is 4.79 Å². The maximum atomic E-state index is 12.0. The molecule has 0 heterocycles. The van der Waals surface area contributed by atoms with Crippen molar-refractivity contribution < 1.29 is 15.0 Å². The number of hydrogen-bond acceptors (Lipinski definition) is 3. The van der Waals surface area contributed by atoms with Crippen LogP contribution in [0.2, 0.25) is 0 Å². The van der Waals surface area contributed by atoms with Crippen molar-refractivity contribution in [2.75, 3.05) is 6.61 Å². The van der Waals surface area contributed by atoms with Gasteiger partial charge in [0.15, 0.2) is 0 Å². The molecule has 0 rings (SSSR count). The van der Waals surface area contributed by atoms with Crippen molar-refractivity contribution in [3.8, 4) is 0 Å². The van der Waals surface area contributed by atoms with Crippen molar-refractivity contribution in [2.24, 2.45) is 0 Å².